The minimum atomic E-state index is 0.649. The summed E-state index contributed by atoms with van der Waals surface area (Å²) in [6.45, 7) is 0. The Morgan fingerprint density at radius 1 is 0.345 bits per heavy atom. The van der Waals surface area contributed by atoms with E-state index in [0.29, 0.717) is 5.82 Å². The quantitative estimate of drug-likeness (QED) is 0.168. The van der Waals surface area contributed by atoms with E-state index in [1.165, 1.54) is 32.3 Å². The maximum Gasteiger partial charge on any atom is 0.161 e. The number of fused-ring (bicyclic) bond motifs is 9. The topological polar surface area (TPSA) is 51.8 Å². The fraction of sp³-hybridized carbons (Fsp3) is 0. The van der Waals surface area contributed by atoms with E-state index in [9.17, 15) is 0 Å². The Balaban J connectivity index is 1.19. The Kier molecular flexibility index (Phi) is 7.14. The Bertz CT molecular complexity index is 3170. The minimum absolute atomic E-state index is 0.649. The zero-order valence-electron chi connectivity index (χ0n) is 29.6. The SMILES string of the molecule is c1ccc(-c2cc(-c3ccccc3)nc(-c3cc(-c4ccc5c6ccccc6c6ccccc6c5c4)cc(-c4ccnc5c4oc4ccccc45)c3)n2)cc1. The smallest absolute Gasteiger partial charge is 0.161 e. The summed E-state index contributed by atoms with van der Waals surface area (Å²) in [4.78, 5) is 15.3. The van der Waals surface area contributed by atoms with Gasteiger partial charge >= 0.3 is 0 Å². The molecule has 0 saturated heterocycles. The lowest BCUT2D eigenvalue weighted by molar-refractivity contribution is 0.669. The van der Waals surface area contributed by atoms with E-state index in [0.717, 1.165) is 72.4 Å². The largest absolute Gasteiger partial charge is 0.454 e. The summed E-state index contributed by atoms with van der Waals surface area (Å²) in [7, 11) is 0. The van der Waals surface area contributed by atoms with Gasteiger partial charge in [-0.25, -0.2) is 9.97 Å². The summed E-state index contributed by atoms with van der Waals surface area (Å²) in [6, 6.07) is 63.8. The van der Waals surface area contributed by atoms with Crippen LogP contribution in [0.5, 0.6) is 0 Å². The molecule has 0 aliphatic rings. The van der Waals surface area contributed by atoms with Gasteiger partial charge in [0.1, 0.15) is 11.1 Å². The molecule has 256 valence electrons. The second-order valence-corrected chi connectivity index (χ2v) is 14.0. The van der Waals surface area contributed by atoms with Gasteiger partial charge in [0.25, 0.3) is 0 Å². The van der Waals surface area contributed by atoms with Gasteiger partial charge < -0.3 is 4.42 Å². The minimum Gasteiger partial charge on any atom is -0.454 e. The molecule has 0 aliphatic heterocycles. The second-order valence-electron chi connectivity index (χ2n) is 14.0. The average molecular weight is 702 g/mol. The van der Waals surface area contributed by atoms with Gasteiger partial charge in [0, 0.05) is 33.8 Å². The van der Waals surface area contributed by atoms with Crippen molar-refractivity contribution < 1.29 is 4.42 Å². The highest BCUT2D eigenvalue weighted by Crippen LogP contribution is 2.41. The predicted molar refractivity (Wildman–Crippen MR) is 227 cm³/mol. The van der Waals surface area contributed by atoms with Crippen LogP contribution in [0.1, 0.15) is 0 Å². The number of benzene rings is 8. The van der Waals surface area contributed by atoms with E-state index in [1.54, 1.807) is 0 Å². The average Bonchev–Trinajstić information content (AvgIpc) is 3.66. The van der Waals surface area contributed by atoms with Crippen LogP contribution in [0.25, 0.3) is 111 Å². The Labute approximate surface area is 317 Å². The lowest BCUT2D eigenvalue weighted by atomic mass is 9.90. The monoisotopic (exact) mass is 701 g/mol. The molecule has 0 amide bonds. The third kappa shape index (κ3) is 5.26. The van der Waals surface area contributed by atoms with Crippen LogP contribution in [-0.4, -0.2) is 15.0 Å². The molecule has 3 heterocycles. The third-order valence-corrected chi connectivity index (χ3v) is 10.7. The molecule has 0 saturated carbocycles. The molecule has 0 atom stereocenters. The molecular formula is C51H31N3O. The molecule has 0 aliphatic carbocycles. The molecule has 11 aromatic rings. The molecule has 11 rings (SSSR count). The van der Waals surface area contributed by atoms with E-state index in [1.807, 2.05) is 66.9 Å². The van der Waals surface area contributed by atoms with Gasteiger partial charge in [0.2, 0.25) is 0 Å². The standard InChI is InChI=1S/C51H31N3O/c1-3-13-32(14-4-1)46-31-47(33-15-5-2-6-16-33)54-51(53-46)37-28-35(27-36(29-37)38-25-26-52-49-44-21-11-12-22-48(44)55-50(38)49)34-23-24-43-41-19-8-7-17-39(41)40-18-9-10-20-42(40)45(43)30-34/h1-31H. The van der Waals surface area contributed by atoms with Crippen LogP contribution in [0.2, 0.25) is 0 Å². The van der Waals surface area contributed by atoms with Gasteiger partial charge in [-0.3, -0.25) is 4.98 Å². The van der Waals surface area contributed by atoms with Gasteiger partial charge in [-0.2, -0.15) is 0 Å². The maximum absolute atomic E-state index is 6.54. The first-order valence-electron chi connectivity index (χ1n) is 18.5. The van der Waals surface area contributed by atoms with E-state index in [2.05, 4.69) is 121 Å². The van der Waals surface area contributed by atoms with Crippen molar-refractivity contribution in [2.75, 3.05) is 0 Å². The van der Waals surface area contributed by atoms with Crippen molar-refractivity contribution >= 4 is 54.4 Å². The number of nitrogens with zero attached hydrogens (tertiary/aromatic N) is 3. The molecule has 0 fully saturated rings. The highest BCUT2D eigenvalue weighted by atomic mass is 16.3. The summed E-state index contributed by atoms with van der Waals surface area (Å²) in [5.41, 5.74) is 11.2. The van der Waals surface area contributed by atoms with Gasteiger partial charge in [-0.15, -0.1) is 0 Å². The summed E-state index contributed by atoms with van der Waals surface area (Å²) < 4.78 is 6.54. The second kappa shape index (κ2) is 12.6. The zero-order valence-corrected chi connectivity index (χ0v) is 29.6. The van der Waals surface area contributed by atoms with Crippen LogP contribution in [0.15, 0.2) is 193 Å². The molecule has 55 heavy (non-hydrogen) atoms. The number of rotatable bonds is 5. The Morgan fingerprint density at radius 3 is 1.53 bits per heavy atom. The van der Waals surface area contributed by atoms with Crippen molar-refractivity contribution in [3.8, 4) is 56.2 Å². The highest BCUT2D eigenvalue weighted by molar-refractivity contribution is 6.25. The summed E-state index contributed by atoms with van der Waals surface area (Å²) in [5.74, 6) is 0.649. The van der Waals surface area contributed by atoms with Gasteiger partial charge in [0.05, 0.1) is 11.4 Å². The van der Waals surface area contributed by atoms with Crippen LogP contribution in [0.4, 0.5) is 0 Å². The first kappa shape index (κ1) is 31.1. The molecule has 4 heteroatoms. The first-order valence-corrected chi connectivity index (χ1v) is 18.5. The Hall–Kier alpha value is -7.43. The molecule has 0 bridgehead atoms. The number of pyridine rings is 1. The first-order chi connectivity index (χ1) is 27.2. The van der Waals surface area contributed by atoms with Crippen LogP contribution in [0, 0.1) is 0 Å². The lowest BCUT2D eigenvalue weighted by Gasteiger charge is -2.15. The summed E-state index contributed by atoms with van der Waals surface area (Å²) in [5, 5.41) is 8.45. The molecule has 8 aromatic carbocycles. The zero-order chi connectivity index (χ0) is 36.3. The van der Waals surface area contributed by atoms with E-state index < -0.39 is 0 Å². The van der Waals surface area contributed by atoms with Gasteiger partial charge in [-0.05, 0) is 97.5 Å². The number of furan rings is 1. The van der Waals surface area contributed by atoms with E-state index in [-0.39, 0.29) is 0 Å². The molecule has 0 unspecified atom stereocenters. The lowest BCUT2D eigenvalue weighted by Crippen LogP contribution is -1.97. The fourth-order valence-electron chi connectivity index (χ4n) is 8.09. The van der Waals surface area contributed by atoms with Crippen LogP contribution in [-0.2, 0) is 0 Å². The Morgan fingerprint density at radius 2 is 0.873 bits per heavy atom. The predicted octanol–water partition coefficient (Wildman–Crippen LogP) is 13.6. The van der Waals surface area contributed by atoms with Crippen molar-refractivity contribution in [2.24, 2.45) is 0 Å². The molecule has 0 spiro atoms. The van der Waals surface area contributed by atoms with Crippen molar-refractivity contribution in [1.29, 1.82) is 0 Å². The summed E-state index contributed by atoms with van der Waals surface area (Å²) >= 11 is 0. The van der Waals surface area contributed by atoms with Crippen LogP contribution in [0.3, 0.4) is 0 Å². The molecule has 0 radical (unpaired) electrons. The highest BCUT2D eigenvalue weighted by Gasteiger charge is 2.18. The van der Waals surface area contributed by atoms with Gasteiger partial charge in [0.15, 0.2) is 11.4 Å². The number of aromatic nitrogens is 3. The van der Waals surface area contributed by atoms with Crippen molar-refractivity contribution in [3.05, 3.63) is 188 Å². The van der Waals surface area contributed by atoms with E-state index >= 15 is 0 Å². The number of hydrogen-bond donors (Lipinski definition) is 0. The summed E-state index contributed by atoms with van der Waals surface area (Å²) in [6.07, 6.45) is 1.87. The van der Waals surface area contributed by atoms with Crippen molar-refractivity contribution in [3.63, 3.8) is 0 Å². The normalized spacial score (nSPS) is 11.6. The van der Waals surface area contributed by atoms with Gasteiger partial charge in [-0.1, -0.05) is 133 Å². The maximum atomic E-state index is 6.54. The third-order valence-electron chi connectivity index (χ3n) is 10.7. The number of para-hydroxylation sites is 1. The molecule has 4 nitrogen and oxygen atoms in total. The van der Waals surface area contributed by atoms with Crippen LogP contribution >= 0.6 is 0 Å². The van der Waals surface area contributed by atoms with Crippen LogP contribution < -0.4 is 0 Å². The molecule has 0 N–H and O–H groups in total. The molecule has 3 aromatic heterocycles. The fourth-order valence-corrected chi connectivity index (χ4v) is 8.09. The molecular weight excluding hydrogens is 671 g/mol. The number of hydrogen-bond acceptors (Lipinski definition) is 4. The van der Waals surface area contributed by atoms with Crippen molar-refractivity contribution in [1.82, 2.24) is 15.0 Å². The van der Waals surface area contributed by atoms with Crippen molar-refractivity contribution in [2.45, 2.75) is 0 Å². The van der Waals surface area contributed by atoms with E-state index in [4.69, 9.17) is 19.4 Å².